The summed E-state index contributed by atoms with van der Waals surface area (Å²) in [5.41, 5.74) is -0.345. The SMILES string of the molecule is O=C(O)c1ccc(OC(=O)c2n[nH]c(=O)c3ccccc23)cc1. The molecule has 0 aliphatic heterocycles. The zero-order chi connectivity index (χ0) is 16.4. The number of carboxylic acids is 1. The summed E-state index contributed by atoms with van der Waals surface area (Å²) < 4.78 is 5.17. The third-order valence-corrected chi connectivity index (χ3v) is 3.20. The number of aromatic carboxylic acids is 1. The van der Waals surface area contributed by atoms with Gasteiger partial charge in [0.1, 0.15) is 5.75 Å². The Balaban J connectivity index is 1.93. The van der Waals surface area contributed by atoms with Gasteiger partial charge in [0.15, 0.2) is 5.69 Å². The first-order valence-corrected chi connectivity index (χ1v) is 6.59. The first-order valence-electron chi connectivity index (χ1n) is 6.59. The average Bonchev–Trinajstić information content (AvgIpc) is 2.56. The number of fused-ring (bicyclic) bond motifs is 1. The van der Waals surface area contributed by atoms with Crippen LogP contribution < -0.4 is 10.3 Å². The molecule has 0 saturated heterocycles. The van der Waals surface area contributed by atoms with Crippen molar-refractivity contribution in [2.45, 2.75) is 0 Å². The zero-order valence-corrected chi connectivity index (χ0v) is 11.6. The molecule has 0 amide bonds. The molecular formula is C16H10N2O5. The molecule has 0 atom stereocenters. The van der Waals surface area contributed by atoms with E-state index < -0.39 is 17.5 Å². The molecule has 0 fully saturated rings. The Morgan fingerprint density at radius 2 is 1.65 bits per heavy atom. The number of esters is 1. The quantitative estimate of drug-likeness (QED) is 0.564. The molecule has 3 aromatic rings. The fourth-order valence-corrected chi connectivity index (χ4v) is 2.09. The molecule has 2 aromatic carbocycles. The lowest BCUT2D eigenvalue weighted by molar-refractivity contribution is 0.0696. The number of rotatable bonds is 3. The summed E-state index contributed by atoms with van der Waals surface area (Å²) in [6, 6.07) is 11.9. The number of hydrogen-bond acceptors (Lipinski definition) is 5. The van der Waals surface area contributed by atoms with Crippen molar-refractivity contribution in [3.63, 3.8) is 0 Å². The second-order valence-electron chi connectivity index (χ2n) is 4.67. The van der Waals surface area contributed by atoms with E-state index in [0.717, 1.165) is 0 Å². The van der Waals surface area contributed by atoms with Crippen LogP contribution in [0.5, 0.6) is 5.75 Å². The molecule has 0 spiro atoms. The molecule has 2 N–H and O–H groups in total. The minimum Gasteiger partial charge on any atom is -0.478 e. The van der Waals surface area contributed by atoms with E-state index in [0.29, 0.717) is 10.8 Å². The Kier molecular flexibility index (Phi) is 3.60. The highest BCUT2D eigenvalue weighted by Gasteiger charge is 2.16. The van der Waals surface area contributed by atoms with Crippen LogP contribution in [0.1, 0.15) is 20.8 Å². The van der Waals surface area contributed by atoms with Gasteiger partial charge in [0.05, 0.1) is 10.9 Å². The molecular weight excluding hydrogens is 300 g/mol. The van der Waals surface area contributed by atoms with Crippen molar-refractivity contribution in [2.24, 2.45) is 0 Å². The van der Waals surface area contributed by atoms with Crippen molar-refractivity contribution >= 4 is 22.7 Å². The number of ether oxygens (including phenoxy) is 1. The topological polar surface area (TPSA) is 109 Å². The molecule has 1 heterocycles. The van der Waals surface area contributed by atoms with Gasteiger partial charge in [-0.1, -0.05) is 18.2 Å². The number of H-pyrrole nitrogens is 1. The Labute approximate surface area is 129 Å². The lowest BCUT2D eigenvalue weighted by Crippen LogP contribution is -2.17. The molecule has 0 saturated carbocycles. The van der Waals surface area contributed by atoms with Gasteiger partial charge in [0.25, 0.3) is 5.56 Å². The van der Waals surface area contributed by atoms with E-state index in [9.17, 15) is 14.4 Å². The highest BCUT2D eigenvalue weighted by atomic mass is 16.5. The maximum Gasteiger partial charge on any atom is 0.364 e. The van der Waals surface area contributed by atoms with Gasteiger partial charge in [-0.05, 0) is 30.3 Å². The lowest BCUT2D eigenvalue weighted by atomic mass is 10.1. The Morgan fingerprint density at radius 3 is 2.30 bits per heavy atom. The predicted octanol–water partition coefficient (Wildman–Crippen LogP) is 1.84. The minimum absolute atomic E-state index is 0.0255. The van der Waals surface area contributed by atoms with Crippen LogP contribution in [-0.2, 0) is 0 Å². The number of aromatic amines is 1. The highest BCUT2D eigenvalue weighted by Crippen LogP contribution is 2.17. The van der Waals surface area contributed by atoms with Gasteiger partial charge in [-0.3, -0.25) is 4.79 Å². The van der Waals surface area contributed by atoms with Gasteiger partial charge in [-0.15, -0.1) is 0 Å². The van der Waals surface area contributed by atoms with Crippen LogP contribution in [0.25, 0.3) is 10.8 Å². The lowest BCUT2D eigenvalue weighted by Gasteiger charge is -2.06. The molecule has 114 valence electrons. The number of nitrogens with zero attached hydrogens (tertiary/aromatic N) is 1. The van der Waals surface area contributed by atoms with Crippen LogP contribution in [0.15, 0.2) is 53.3 Å². The van der Waals surface area contributed by atoms with Crippen molar-refractivity contribution in [2.75, 3.05) is 0 Å². The smallest absolute Gasteiger partial charge is 0.364 e. The van der Waals surface area contributed by atoms with E-state index in [1.165, 1.54) is 24.3 Å². The standard InChI is InChI=1S/C16H10N2O5/c19-14-12-4-2-1-3-11(12)13(17-18-14)16(22)23-10-7-5-9(6-8-10)15(20)21/h1-8H,(H,18,19)(H,20,21). The molecule has 0 aliphatic rings. The highest BCUT2D eigenvalue weighted by molar-refractivity contribution is 6.02. The largest absolute Gasteiger partial charge is 0.478 e. The van der Waals surface area contributed by atoms with Gasteiger partial charge in [-0.25, -0.2) is 14.7 Å². The molecule has 7 heteroatoms. The van der Waals surface area contributed by atoms with Crippen molar-refractivity contribution in [1.29, 1.82) is 0 Å². The first-order chi connectivity index (χ1) is 11.1. The predicted molar refractivity (Wildman–Crippen MR) is 80.7 cm³/mol. The number of carbonyl (C=O) groups excluding carboxylic acids is 1. The van der Waals surface area contributed by atoms with Crippen molar-refractivity contribution < 1.29 is 19.4 Å². The Morgan fingerprint density at radius 1 is 1.00 bits per heavy atom. The van der Waals surface area contributed by atoms with Gasteiger partial charge >= 0.3 is 11.9 Å². The van der Waals surface area contributed by atoms with Crippen LogP contribution in [0.4, 0.5) is 0 Å². The van der Waals surface area contributed by atoms with Crippen LogP contribution in [-0.4, -0.2) is 27.2 Å². The number of benzene rings is 2. The first kappa shape index (κ1) is 14.5. The number of carboxylic acid groups (broad SMARTS) is 1. The van der Waals surface area contributed by atoms with Crippen molar-refractivity contribution in [3.05, 3.63) is 70.1 Å². The molecule has 0 aliphatic carbocycles. The monoisotopic (exact) mass is 310 g/mol. The Bertz CT molecular complexity index is 960. The van der Waals surface area contributed by atoms with E-state index in [1.54, 1.807) is 24.3 Å². The molecule has 1 aromatic heterocycles. The van der Waals surface area contributed by atoms with Crippen molar-refractivity contribution in [3.8, 4) is 5.75 Å². The van der Waals surface area contributed by atoms with Crippen molar-refractivity contribution in [1.82, 2.24) is 10.2 Å². The third kappa shape index (κ3) is 2.80. The number of aromatic nitrogens is 2. The van der Waals surface area contributed by atoms with Crippen LogP contribution in [0.2, 0.25) is 0 Å². The summed E-state index contributed by atoms with van der Waals surface area (Å²) in [7, 11) is 0. The normalized spacial score (nSPS) is 10.4. The molecule has 23 heavy (non-hydrogen) atoms. The number of carbonyl (C=O) groups is 2. The van der Waals surface area contributed by atoms with Crippen LogP contribution >= 0.6 is 0 Å². The van der Waals surface area contributed by atoms with Gasteiger partial charge in [-0.2, -0.15) is 5.10 Å². The molecule has 3 rings (SSSR count). The van der Waals surface area contributed by atoms with Gasteiger partial charge in [0.2, 0.25) is 0 Å². The number of nitrogens with one attached hydrogen (secondary N) is 1. The third-order valence-electron chi connectivity index (χ3n) is 3.20. The van der Waals surface area contributed by atoms with E-state index in [2.05, 4.69) is 10.2 Å². The van der Waals surface area contributed by atoms with Crippen LogP contribution in [0.3, 0.4) is 0 Å². The summed E-state index contributed by atoms with van der Waals surface area (Å²) in [5.74, 6) is -1.64. The van der Waals surface area contributed by atoms with Gasteiger partial charge < -0.3 is 9.84 Å². The number of hydrogen-bond donors (Lipinski definition) is 2. The Hall–Kier alpha value is -3.48. The van der Waals surface area contributed by atoms with Gasteiger partial charge in [0, 0.05) is 5.39 Å². The second-order valence-corrected chi connectivity index (χ2v) is 4.67. The molecule has 0 bridgehead atoms. The summed E-state index contributed by atoms with van der Waals surface area (Å²) in [5, 5.41) is 15.5. The fraction of sp³-hybridized carbons (Fsp3) is 0. The van der Waals surface area contributed by atoms with E-state index in [-0.39, 0.29) is 17.0 Å². The van der Waals surface area contributed by atoms with Crippen LogP contribution in [0, 0.1) is 0 Å². The summed E-state index contributed by atoms with van der Waals surface area (Å²) in [4.78, 5) is 34.7. The summed E-state index contributed by atoms with van der Waals surface area (Å²) in [6.07, 6.45) is 0. The second kappa shape index (κ2) is 5.72. The fourth-order valence-electron chi connectivity index (χ4n) is 2.09. The van der Waals surface area contributed by atoms with E-state index in [1.807, 2.05) is 0 Å². The summed E-state index contributed by atoms with van der Waals surface area (Å²) in [6.45, 7) is 0. The maximum absolute atomic E-state index is 12.2. The average molecular weight is 310 g/mol. The molecule has 7 nitrogen and oxygen atoms in total. The van der Waals surface area contributed by atoms with E-state index >= 15 is 0 Å². The molecule has 0 radical (unpaired) electrons. The minimum atomic E-state index is -1.07. The molecule has 0 unspecified atom stereocenters. The van der Waals surface area contributed by atoms with E-state index in [4.69, 9.17) is 9.84 Å². The summed E-state index contributed by atoms with van der Waals surface area (Å²) >= 11 is 0. The zero-order valence-electron chi connectivity index (χ0n) is 11.6. The maximum atomic E-state index is 12.2.